The zero-order valence-corrected chi connectivity index (χ0v) is 12.7. The first-order valence-electron chi connectivity index (χ1n) is 7.10. The van der Waals surface area contributed by atoms with Gasteiger partial charge in [-0.25, -0.2) is 0 Å². The van der Waals surface area contributed by atoms with Gasteiger partial charge in [0.05, 0.1) is 12.7 Å². The zero-order chi connectivity index (χ0) is 16.7. The van der Waals surface area contributed by atoms with Crippen molar-refractivity contribution in [1.29, 1.82) is 0 Å². The number of hydrogen-bond donors (Lipinski definition) is 3. The van der Waals surface area contributed by atoms with Crippen LogP contribution in [0.5, 0.6) is 11.5 Å². The van der Waals surface area contributed by atoms with E-state index in [-0.39, 0.29) is 36.2 Å². The summed E-state index contributed by atoms with van der Waals surface area (Å²) in [5.41, 5.74) is 0.715. The molecule has 0 spiro atoms. The van der Waals surface area contributed by atoms with E-state index in [9.17, 15) is 14.7 Å². The first-order valence-corrected chi connectivity index (χ1v) is 7.10. The van der Waals surface area contributed by atoms with Crippen LogP contribution in [-0.4, -0.2) is 37.1 Å². The molecule has 0 saturated heterocycles. The number of nitrogens with one attached hydrogen (secondary N) is 2. The molecule has 0 aliphatic carbocycles. The number of amides is 2. The Morgan fingerprint density at radius 1 is 0.957 bits per heavy atom. The molecule has 0 unspecified atom stereocenters. The number of para-hydroxylation sites is 1. The Morgan fingerprint density at radius 3 is 2.17 bits per heavy atom. The van der Waals surface area contributed by atoms with Crippen LogP contribution in [0.2, 0.25) is 0 Å². The molecule has 6 nitrogen and oxygen atoms in total. The standard InChI is InChI=1S/C17H18N2O4/c1-23-13-8-6-12(7-9-13)16(21)18-10-11-19-17(22)14-4-2-3-5-15(14)20/h2-9,20H,10-11H2,1H3,(H,18,21)(H,19,22). The summed E-state index contributed by atoms with van der Waals surface area (Å²) < 4.78 is 5.03. The summed E-state index contributed by atoms with van der Waals surface area (Å²) in [6.07, 6.45) is 0. The number of phenolic OH excluding ortho intramolecular Hbond substituents is 1. The maximum atomic E-state index is 11.9. The van der Waals surface area contributed by atoms with Crippen molar-refractivity contribution in [1.82, 2.24) is 10.6 Å². The number of ether oxygens (including phenoxy) is 1. The normalized spacial score (nSPS) is 9.96. The summed E-state index contributed by atoms with van der Waals surface area (Å²) in [4.78, 5) is 23.8. The van der Waals surface area contributed by atoms with Crippen LogP contribution < -0.4 is 15.4 Å². The fourth-order valence-corrected chi connectivity index (χ4v) is 1.96. The van der Waals surface area contributed by atoms with Crippen LogP contribution in [0.15, 0.2) is 48.5 Å². The summed E-state index contributed by atoms with van der Waals surface area (Å²) in [6, 6.07) is 13.0. The molecule has 0 saturated carbocycles. The van der Waals surface area contributed by atoms with Crippen molar-refractivity contribution in [3.8, 4) is 11.5 Å². The number of carbonyl (C=O) groups excluding carboxylic acids is 2. The summed E-state index contributed by atoms with van der Waals surface area (Å²) in [5, 5.41) is 14.9. The van der Waals surface area contributed by atoms with Gasteiger partial charge in [-0.05, 0) is 36.4 Å². The van der Waals surface area contributed by atoms with Gasteiger partial charge in [-0.1, -0.05) is 12.1 Å². The summed E-state index contributed by atoms with van der Waals surface area (Å²) in [5.74, 6) is -0.0185. The van der Waals surface area contributed by atoms with Crippen molar-refractivity contribution in [3.63, 3.8) is 0 Å². The predicted octanol–water partition coefficient (Wildman–Crippen LogP) is 1.56. The highest BCUT2D eigenvalue weighted by molar-refractivity contribution is 5.97. The topological polar surface area (TPSA) is 87.7 Å². The van der Waals surface area contributed by atoms with Gasteiger partial charge in [0, 0.05) is 18.7 Å². The highest BCUT2D eigenvalue weighted by Gasteiger charge is 2.09. The molecule has 0 fully saturated rings. The average Bonchev–Trinajstić information content (AvgIpc) is 2.58. The minimum absolute atomic E-state index is 0.0766. The van der Waals surface area contributed by atoms with Crippen LogP contribution in [0.25, 0.3) is 0 Å². The van der Waals surface area contributed by atoms with Crippen LogP contribution >= 0.6 is 0 Å². The molecule has 0 radical (unpaired) electrons. The average molecular weight is 314 g/mol. The molecule has 0 aliphatic heterocycles. The minimum atomic E-state index is -0.387. The third-order valence-electron chi connectivity index (χ3n) is 3.20. The summed E-state index contributed by atoms with van der Waals surface area (Å²) in [6.45, 7) is 0.541. The number of carbonyl (C=O) groups is 2. The zero-order valence-electron chi connectivity index (χ0n) is 12.7. The Labute approximate surface area is 134 Å². The number of methoxy groups -OCH3 is 1. The lowest BCUT2D eigenvalue weighted by atomic mass is 10.2. The lowest BCUT2D eigenvalue weighted by Crippen LogP contribution is -2.34. The molecule has 2 aromatic rings. The SMILES string of the molecule is COc1ccc(C(=O)NCCNC(=O)c2ccccc2O)cc1. The molecular weight excluding hydrogens is 296 g/mol. The van der Waals surface area contributed by atoms with Gasteiger partial charge in [0.25, 0.3) is 11.8 Å². The Morgan fingerprint density at radius 2 is 1.57 bits per heavy atom. The van der Waals surface area contributed by atoms with E-state index >= 15 is 0 Å². The second-order valence-electron chi connectivity index (χ2n) is 4.76. The molecule has 0 bridgehead atoms. The van der Waals surface area contributed by atoms with Crippen LogP contribution in [0, 0.1) is 0 Å². The van der Waals surface area contributed by atoms with Crippen molar-refractivity contribution >= 4 is 11.8 Å². The van der Waals surface area contributed by atoms with Gasteiger partial charge >= 0.3 is 0 Å². The molecule has 0 aliphatic rings. The fourth-order valence-electron chi connectivity index (χ4n) is 1.96. The molecule has 2 aromatic carbocycles. The van der Waals surface area contributed by atoms with E-state index < -0.39 is 0 Å². The van der Waals surface area contributed by atoms with Crippen LogP contribution in [0.4, 0.5) is 0 Å². The highest BCUT2D eigenvalue weighted by Crippen LogP contribution is 2.14. The second kappa shape index (κ2) is 7.84. The Hall–Kier alpha value is -3.02. The molecule has 3 N–H and O–H groups in total. The van der Waals surface area contributed by atoms with E-state index in [0.29, 0.717) is 11.3 Å². The number of phenols is 1. The van der Waals surface area contributed by atoms with Crippen molar-refractivity contribution in [3.05, 3.63) is 59.7 Å². The van der Waals surface area contributed by atoms with E-state index in [1.165, 1.54) is 12.1 Å². The molecule has 6 heteroatoms. The van der Waals surface area contributed by atoms with Crippen LogP contribution in [0.3, 0.4) is 0 Å². The maximum Gasteiger partial charge on any atom is 0.255 e. The third-order valence-corrected chi connectivity index (χ3v) is 3.20. The molecule has 2 rings (SSSR count). The second-order valence-corrected chi connectivity index (χ2v) is 4.76. The summed E-state index contributed by atoms with van der Waals surface area (Å²) >= 11 is 0. The first-order chi connectivity index (χ1) is 11.1. The molecule has 23 heavy (non-hydrogen) atoms. The lowest BCUT2D eigenvalue weighted by Gasteiger charge is -2.08. The van der Waals surface area contributed by atoms with Gasteiger partial charge in [-0.3, -0.25) is 9.59 Å². The number of benzene rings is 2. The molecule has 0 atom stereocenters. The maximum absolute atomic E-state index is 11.9. The van der Waals surface area contributed by atoms with E-state index in [2.05, 4.69) is 10.6 Å². The number of rotatable bonds is 6. The lowest BCUT2D eigenvalue weighted by molar-refractivity contribution is 0.0926. The molecule has 120 valence electrons. The van der Waals surface area contributed by atoms with Crippen molar-refractivity contribution in [2.45, 2.75) is 0 Å². The molecule has 2 amide bonds. The third kappa shape index (κ3) is 4.47. The van der Waals surface area contributed by atoms with Crippen molar-refractivity contribution < 1.29 is 19.4 Å². The highest BCUT2D eigenvalue weighted by atomic mass is 16.5. The van der Waals surface area contributed by atoms with Gasteiger partial charge in [0.15, 0.2) is 0 Å². The van der Waals surface area contributed by atoms with Gasteiger partial charge in [-0.15, -0.1) is 0 Å². The summed E-state index contributed by atoms with van der Waals surface area (Å²) in [7, 11) is 1.56. The van der Waals surface area contributed by atoms with Crippen LogP contribution in [0.1, 0.15) is 20.7 Å². The number of aromatic hydroxyl groups is 1. The van der Waals surface area contributed by atoms with Crippen LogP contribution in [-0.2, 0) is 0 Å². The molecule has 0 aromatic heterocycles. The quantitative estimate of drug-likeness (QED) is 0.706. The smallest absolute Gasteiger partial charge is 0.255 e. The predicted molar refractivity (Wildman–Crippen MR) is 85.8 cm³/mol. The van der Waals surface area contributed by atoms with E-state index in [4.69, 9.17) is 4.74 Å². The minimum Gasteiger partial charge on any atom is -0.507 e. The fraction of sp³-hybridized carbons (Fsp3) is 0.176. The van der Waals surface area contributed by atoms with Crippen molar-refractivity contribution in [2.24, 2.45) is 0 Å². The molecular formula is C17H18N2O4. The van der Waals surface area contributed by atoms with Gasteiger partial charge in [0.1, 0.15) is 11.5 Å². The van der Waals surface area contributed by atoms with E-state index in [0.717, 1.165) is 0 Å². The Balaban J connectivity index is 1.77. The number of hydrogen-bond acceptors (Lipinski definition) is 4. The van der Waals surface area contributed by atoms with Crippen molar-refractivity contribution in [2.75, 3.05) is 20.2 Å². The monoisotopic (exact) mass is 314 g/mol. The van der Waals surface area contributed by atoms with Gasteiger partial charge < -0.3 is 20.5 Å². The molecule has 0 heterocycles. The largest absolute Gasteiger partial charge is 0.507 e. The van der Waals surface area contributed by atoms with E-state index in [1.807, 2.05) is 0 Å². The Bertz CT molecular complexity index is 683. The van der Waals surface area contributed by atoms with Gasteiger partial charge in [0.2, 0.25) is 0 Å². The first kappa shape index (κ1) is 16.4. The Kier molecular flexibility index (Phi) is 5.57. The van der Waals surface area contributed by atoms with Gasteiger partial charge in [-0.2, -0.15) is 0 Å². The van der Waals surface area contributed by atoms with E-state index in [1.54, 1.807) is 43.5 Å².